The summed E-state index contributed by atoms with van der Waals surface area (Å²) >= 11 is 0. The number of fused-ring (bicyclic) bond motifs is 3. The fraction of sp³-hybridized carbons (Fsp3) is 0.444. The van der Waals surface area contributed by atoms with Crippen molar-refractivity contribution in [2.24, 2.45) is 5.92 Å². The van der Waals surface area contributed by atoms with Gasteiger partial charge in [0.05, 0.1) is 0 Å². The van der Waals surface area contributed by atoms with E-state index in [1.54, 1.807) is 5.56 Å². The van der Waals surface area contributed by atoms with Crippen LogP contribution in [0.25, 0.3) is 10.8 Å². The average molecular weight is 253 g/mol. The Kier molecular flexibility index (Phi) is 3.56. The summed E-state index contributed by atoms with van der Waals surface area (Å²) in [6.45, 7) is 5.64. The second-order valence-electron chi connectivity index (χ2n) is 5.84. The quantitative estimate of drug-likeness (QED) is 0.779. The molecule has 0 radical (unpaired) electrons. The predicted molar refractivity (Wildman–Crippen MR) is 82.5 cm³/mol. The van der Waals surface area contributed by atoms with Crippen molar-refractivity contribution in [3.05, 3.63) is 47.5 Å². The van der Waals surface area contributed by atoms with E-state index >= 15 is 0 Å². The van der Waals surface area contributed by atoms with Crippen molar-refractivity contribution in [1.82, 2.24) is 5.32 Å². The second kappa shape index (κ2) is 5.34. The van der Waals surface area contributed by atoms with Gasteiger partial charge in [-0.25, -0.2) is 0 Å². The summed E-state index contributed by atoms with van der Waals surface area (Å²) < 4.78 is 0. The van der Waals surface area contributed by atoms with E-state index in [0.717, 1.165) is 12.5 Å². The lowest BCUT2D eigenvalue weighted by molar-refractivity contribution is 0.415. The molecular weight excluding hydrogens is 230 g/mol. The van der Waals surface area contributed by atoms with Gasteiger partial charge in [0.25, 0.3) is 0 Å². The van der Waals surface area contributed by atoms with Gasteiger partial charge in [0.15, 0.2) is 0 Å². The number of benzene rings is 2. The van der Waals surface area contributed by atoms with Crippen LogP contribution in [-0.4, -0.2) is 6.54 Å². The van der Waals surface area contributed by atoms with Crippen molar-refractivity contribution in [2.75, 3.05) is 6.54 Å². The predicted octanol–water partition coefficient (Wildman–Crippen LogP) is 4.46. The van der Waals surface area contributed by atoms with Crippen LogP contribution in [0.15, 0.2) is 36.4 Å². The molecule has 0 spiro atoms. The molecule has 0 aliphatic heterocycles. The molecule has 0 saturated carbocycles. The zero-order chi connectivity index (χ0) is 13.2. The lowest BCUT2D eigenvalue weighted by Crippen LogP contribution is -2.22. The lowest BCUT2D eigenvalue weighted by Gasteiger charge is -2.21. The van der Waals surface area contributed by atoms with Crippen LogP contribution in [0.4, 0.5) is 0 Å². The summed E-state index contributed by atoms with van der Waals surface area (Å²) in [5, 5.41) is 6.51. The number of hydrogen-bond acceptors (Lipinski definition) is 1. The summed E-state index contributed by atoms with van der Waals surface area (Å²) in [6.07, 6.45) is 3.79. The molecule has 1 nitrogen and oxygen atoms in total. The van der Waals surface area contributed by atoms with E-state index in [-0.39, 0.29) is 0 Å². The van der Waals surface area contributed by atoms with Gasteiger partial charge in [-0.2, -0.15) is 0 Å². The van der Waals surface area contributed by atoms with Crippen molar-refractivity contribution in [1.29, 1.82) is 0 Å². The number of hydrogen-bond donors (Lipinski definition) is 1. The normalized spacial score (nSPS) is 23.1. The molecule has 1 N–H and O–H groups in total. The van der Waals surface area contributed by atoms with Crippen LogP contribution in [0.2, 0.25) is 0 Å². The van der Waals surface area contributed by atoms with Gasteiger partial charge < -0.3 is 5.32 Å². The molecule has 0 heterocycles. The molecule has 2 unspecified atom stereocenters. The van der Waals surface area contributed by atoms with Gasteiger partial charge in [0.1, 0.15) is 0 Å². The van der Waals surface area contributed by atoms with Crippen molar-refractivity contribution in [3.63, 3.8) is 0 Å². The molecule has 1 aliphatic carbocycles. The summed E-state index contributed by atoms with van der Waals surface area (Å²) in [6, 6.07) is 14.0. The molecule has 19 heavy (non-hydrogen) atoms. The first kappa shape index (κ1) is 12.7. The Bertz CT molecular complexity index is 573. The van der Waals surface area contributed by atoms with Gasteiger partial charge in [-0.1, -0.05) is 50.2 Å². The van der Waals surface area contributed by atoms with Crippen LogP contribution in [0, 0.1) is 5.92 Å². The van der Waals surface area contributed by atoms with Gasteiger partial charge in [-0.05, 0) is 53.6 Å². The highest BCUT2D eigenvalue weighted by atomic mass is 14.9. The standard InChI is InChI=1S/C18H23N/c1-3-19-18-12-13(2)8-10-16-15-7-5-4-6-14(15)9-11-17(16)18/h4-7,9,11,13,18-19H,3,8,10,12H2,1-2H3. The minimum Gasteiger partial charge on any atom is -0.310 e. The van der Waals surface area contributed by atoms with Gasteiger partial charge in [-0.3, -0.25) is 0 Å². The van der Waals surface area contributed by atoms with Crippen LogP contribution in [-0.2, 0) is 6.42 Å². The molecule has 0 bridgehead atoms. The smallest absolute Gasteiger partial charge is 0.0325 e. The third-order valence-corrected chi connectivity index (χ3v) is 4.43. The zero-order valence-corrected chi connectivity index (χ0v) is 11.9. The summed E-state index contributed by atoms with van der Waals surface area (Å²) in [7, 11) is 0. The maximum Gasteiger partial charge on any atom is 0.0325 e. The molecule has 3 rings (SSSR count). The van der Waals surface area contributed by atoms with Crippen LogP contribution < -0.4 is 5.32 Å². The molecule has 2 atom stereocenters. The molecule has 0 amide bonds. The van der Waals surface area contributed by atoms with Crippen LogP contribution in [0.5, 0.6) is 0 Å². The fourth-order valence-corrected chi connectivity index (χ4v) is 3.44. The Balaban J connectivity index is 2.14. The van der Waals surface area contributed by atoms with E-state index < -0.39 is 0 Å². The number of aryl methyl sites for hydroxylation is 1. The molecule has 0 fully saturated rings. The van der Waals surface area contributed by atoms with Crippen LogP contribution >= 0.6 is 0 Å². The first-order chi connectivity index (χ1) is 9.29. The minimum atomic E-state index is 0.530. The molecule has 1 aliphatic rings. The van der Waals surface area contributed by atoms with E-state index in [1.165, 1.54) is 35.6 Å². The molecule has 0 aromatic heterocycles. The highest BCUT2D eigenvalue weighted by Gasteiger charge is 2.22. The second-order valence-corrected chi connectivity index (χ2v) is 5.84. The van der Waals surface area contributed by atoms with Crippen molar-refractivity contribution >= 4 is 10.8 Å². The summed E-state index contributed by atoms with van der Waals surface area (Å²) in [5.74, 6) is 0.801. The molecule has 0 saturated heterocycles. The highest BCUT2D eigenvalue weighted by Crippen LogP contribution is 2.35. The van der Waals surface area contributed by atoms with Gasteiger partial charge in [0.2, 0.25) is 0 Å². The summed E-state index contributed by atoms with van der Waals surface area (Å²) in [5.41, 5.74) is 3.11. The molecule has 2 aromatic carbocycles. The Hall–Kier alpha value is -1.34. The van der Waals surface area contributed by atoms with Crippen LogP contribution in [0.3, 0.4) is 0 Å². The first-order valence-electron chi connectivity index (χ1n) is 7.53. The monoisotopic (exact) mass is 253 g/mol. The van der Waals surface area contributed by atoms with Gasteiger partial charge in [-0.15, -0.1) is 0 Å². The number of nitrogens with one attached hydrogen (secondary N) is 1. The molecule has 2 aromatic rings. The minimum absolute atomic E-state index is 0.530. The highest BCUT2D eigenvalue weighted by molar-refractivity contribution is 5.87. The largest absolute Gasteiger partial charge is 0.310 e. The SMILES string of the molecule is CCNC1CC(C)CCc2c1ccc1ccccc21. The van der Waals surface area contributed by atoms with Crippen molar-refractivity contribution < 1.29 is 0 Å². The van der Waals surface area contributed by atoms with E-state index in [1.807, 2.05) is 0 Å². The van der Waals surface area contributed by atoms with E-state index in [9.17, 15) is 0 Å². The Labute approximate surface area is 116 Å². The Morgan fingerprint density at radius 2 is 2.00 bits per heavy atom. The van der Waals surface area contributed by atoms with Crippen molar-refractivity contribution in [3.8, 4) is 0 Å². The molecule has 1 heteroatoms. The van der Waals surface area contributed by atoms with E-state index in [2.05, 4.69) is 55.6 Å². The Morgan fingerprint density at radius 1 is 1.16 bits per heavy atom. The lowest BCUT2D eigenvalue weighted by atomic mass is 9.93. The third-order valence-electron chi connectivity index (χ3n) is 4.43. The maximum atomic E-state index is 3.68. The van der Waals surface area contributed by atoms with Crippen molar-refractivity contribution in [2.45, 2.75) is 39.2 Å². The van der Waals surface area contributed by atoms with Crippen LogP contribution in [0.1, 0.15) is 43.9 Å². The van der Waals surface area contributed by atoms with E-state index in [4.69, 9.17) is 0 Å². The summed E-state index contributed by atoms with van der Waals surface area (Å²) in [4.78, 5) is 0. The third kappa shape index (κ3) is 2.40. The molecular formula is C18H23N. The topological polar surface area (TPSA) is 12.0 Å². The fourth-order valence-electron chi connectivity index (χ4n) is 3.44. The number of rotatable bonds is 2. The Morgan fingerprint density at radius 3 is 2.84 bits per heavy atom. The van der Waals surface area contributed by atoms with E-state index in [0.29, 0.717) is 6.04 Å². The first-order valence-corrected chi connectivity index (χ1v) is 7.53. The molecule has 100 valence electrons. The average Bonchev–Trinajstić information content (AvgIpc) is 2.59. The maximum absolute atomic E-state index is 3.68. The van der Waals surface area contributed by atoms with Gasteiger partial charge in [0, 0.05) is 6.04 Å². The van der Waals surface area contributed by atoms with Gasteiger partial charge >= 0.3 is 0 Å². The zero-order valence-electron chi connectivity index (χ0n) is 11.9.